The monoisotopic (exact) mass is 324 g/mol. The molecule has 0 aliphatic carbocycles. The summed E-state index contributed by atoms with van der Waals surface area (Å²) in [6, 6.07) is 8.76. The van der Waals surface area contributed by atoms with Crippen LogP contribution in [0.5, 0.6) is 0 Å². The molecular weight excluding hydrogens is 308 g/mol. The highest BCUT2D eigenvalue weighted by Gasteiger charge is 2.44. The van der Waals surface area contributed by atoms with E-state index in [4.69, 9.17) is 24.0 Å². The van der Waals surface area contributed by atoms with Crippen LogP contribution < -0.4 is 0 Å². The Labute approximate surface area is 119 Å². The zero-order valence-corrected chi connectivity index (χ0v) is 13.6. The van der Waals surface area contributed by atoms with Gasteiger partial charge in [0, 0.05) is 38.1 Å². The summed E-state index contributed by atoms with van der Waals surface area (Å²) in [5, 5.41) is -0.929. The van der Waals surface area contributed by atoms with E-state index < -0.39 is 23.1 Å². The van der Waals surface area contributed by atoms with Crippen LogP contribution in [0.4, 0.5) is 0 Å². The second kappa shape index (κ2) is 6.82. The molecule has 0 radical (unpaired) electrons. The van der Waals surface area contributed by atoms with Crippen molar-refractivity contribution in [3.8, 4) is 0 Å². The van der Waals surface area contributed by atoms with E-state index in [0.29, 0.717) is 5.56 Å². The lowest BCUT2D eigenvalue weighted by atomic mass is 10.2. The van der Waals surface area contributed by atoms with Gasteiger partial charge >= 0.3 is 8.80 Å². The fourth-order valence-corrected chi connectivity index (χ4v) is 6.23. The van der Waals surface area contributed by atoms with Gasteiger partial charge in [0.05, 0.1) is 0 Å². The number of benzene rings is 1. The van der Waals surface area contributed by atoms with E-state index in [1.807, 2.05) is 0 Å². The minimum Gasteiger partial charge on any atom is -0.377 e. The Morgan fingerprint density at radius 2 is 1.58 bits per heavy atom. The van der Waals surface area contributed by atoms with E-state index in [9.17, 15) is 8.42 Å². The molecule has 19 heavy (non-hydrogen) atoms. The summed E-state index contributed by atoms with van der Waals surface area (Å²) in [4.78, 5) is 0. The first-order valence-corrected chi connectivity index (χ1v) is 9.83. The second-order valence-corrected chi connectivity index (χ2v) is 9.68. The van der Waals surface area contributed by atoms with Crippen LogP contribution in [0.25, 0.3) is 0 Å². The van der Waals surface area contributed by atoms with Crippen LogP contribution in [-0.2, 0) is 22.3 Å². The average Bonchev–Trinajstić information content (AvgIpc) is 2.41. The Hall–Kier alpha value is -0.443. The lowest BCUT2D eigenvalue weighted by Gasteiger charge is -2.27. The van der Waals surface area contributed by atoms with Crippen LogP contribution >= 0.6 is 10.7 Å². The molecule has 0 aliphatic heterocycles. The van der Waals surface area contributed by atoms with E-state index >= 15 is 0 Å². The van der Waals surface area contributed by atoms with E-state index in [2.05, 4.69) is 0 Å². The number of hydrogen-bond acceptors (Lipinski definition) is 5. The van der Waals surface area contributed by atoms with Crippen LogP contribution in [0.2, 0.25) is 6.04 Å². The zero-order chi connectivity index (χ0) is 14.5. The van der Waals surface area contributed by atoms with Crippen LogP contribution in [0.1, 0.15) is 10.8 Å². The first-order chi connectivity index (χ1) is 8.88. The van der Waals surface area contributed by atoms with Crippen molar-refractivity contribution in [2.45, 2.75) is 11.3 Å². The normalized spacial score (nSPS) is 14.3. The van der Waals surface area contributed by atoms with Crippen LogP contribution in [-0.4, -0.2) is 38.6 Å². The molecule has 0 saturated heterocycles. The summed E-state index contributed by atoms with van der Waals surface area (Å²) in [5.41, 5.74) is 0.584. The number of hydrogen-bond donors (Lipinski definition) is 0. The highest BCUT2D eigenvalue weighted by molar-refractivity contribution is 8.14. The molecule has 0 aliphatic rings. The molecule has 8 heteroatoms. The van der Waals surface area contributed by atoms with E-state index in [-0.39, 0.29) is 6.04 Å². The molecule has 0 amide bonds. The summed E-state index contributed by atoms with van der Waals surface area (Å²) < 4.78 is 39.3. The molecule has 0 spiro atoms. The molecule has 1 aromatic rings. The largest absolute Gasteiger partial charge is 0.501 e. The summed E-state index contributed by atoms with van der Waals surface area (Å²) >= 11 is 0. The molecule has 0 heterocycles. The maximum atomic E-state index is 11.8. The van der Waals surface area contributed by atoms with Crippen LogP contribution in [0, 0.1) is 0 Å². The minimum absolute atomic E-state index is 0.0619. The Balaban J connectivity index is 3.14. The molecule has 108 valence electrons. The molecule has 0 saturated carbocycles. The minimum atomic E-state index is -3.81. The van der Waals surface area contributed by atoms with Gasteiger partial charge in [0.25, 0.3) is 0 Å². The van der Waals surface area contributed by atoms with Gasteiger partial charge in [0.15, 0.2) is 0 Å². The standard InChI is InChI=1S/C11H17ClO5SSi/c1-15-19(16-2,17-3)9-11(18(12,13)14)10-7-5-4-6-8-10/h4-8,11H,9H2,1-3H3. The smallest absolute Gasteiger partial charge is 0.377 e. The Kier molecular flexibility index (Phi) is 5.97. The zero-order valence-electron chi connectivity index (χ0n) is 11.0. The van der Waals surface area contributed by atoms with Gasteiger partial charge in [-0.2, -0.15) is 0 Å². The van der Waals surface area contributed by atoms with Crippen LogP contribution in [0.3, 0.4) is 0 Å². The molecule has 0 fully saturated rings. The van der Waals surface area contributed by atoms with E-state index in [1.54, 1.807) is 30.3 Å². The van der Waals surface area contributed by atoms with E-state index in [1.165, 1.54) is 21.3 Å². The van der Waals surface area contributed by atoms with Gasteiger partial charge in [-0.3, -0.25) is 0 Å². The third kappa shape index (κ3) is 4.27. The van der Waals surface area contributed by atoms with Gasteiger partial charge in [-0.1, -0.05) is 30.3 Å². The van der Waals surface area contributed by atoms with Crippen molar-refractivity contribution in [2.24, 2.45) is 0 Å². The predicted octanol–water partition coefficient (Wildman–Crippen LogP) is 2.17. The molecule has 0 bridgehead atoms. The van der Waals surface area contributed by atoms with Gasteiger partial charge in [-0.15, -0.1) is 0 Å². The highest BCUT2D eigenvalue weighted by atomic mass is 35.7. The molecule has 1 atom stereocenters. The molecule has 1 aromatic carbocycles. The lowest BCUT2D eigenvalue weighted by molar-refractivity contribution is 0.123. The molecule has 0 N–H and O–H groups in total. The molecule has 0 aromatic heterocycles. The average molecular weight is 325 g/mol. The van der Waals surface area contributed by atoms with Crippen molar-refractivity contribution in [3.05, 3.63) is 35.9 Å². The van der Waals surface area contributed by atoms with Gasteiger partial charge in [-0.05, 0) is 5.56 Å². The maximum Gasteiger partial charge on any atom is 0.501 e. The van der Waals surface area contributed by atoms with Crippen molar-refractivity contribution in [1.82, 2.24) is 0 Å². The van der Waals surface area contributed by atoms with Gasteiger partial charge in [-0.25, -0.2) is 8.42 Å². The summed E-state index contributed by atoms with van der Waals surface area (Å²) in [7, 11) is 2.99. The first-order valence-electron chi connectivity index (χ1n) is 5.52. The third-order valence-electron chi connectivity index (χ3n) is 2.88. The Bertz CT molecular complexity index is 481. The van der Waals surface area contributed by atoms with Gasteiger partial charge < -0.3 is 13.3 Å². The topological polar surface area (TPSA) is 61.8 Å². The highest BCUT2D eigenvalue weighted by Crippen LogP contribution is 2.34. The SMILES string of the molecule is CO[Si](CC(c1ccccc1)S(=O)(=O)Cl)(OC)OC. The number of rotatable bonds is 7. The fourth-order valence-electron chi connectivity index (χ4n) is 1.77. The lowest BCUT2D eigenvalue weighted by Crippen LogP contribution is -2.44. The molecule has 1 unspecified atom stereocenters. The maximum absolute atomic E-state index is 11.8. The Morgan fingerprint density at radius 1 is 1.11 bits per heavy atom. The summed E-state index contributed by atoms with van der Waals surface area (Å²) in [6.45, 7) is 0. The fraction of sp³-hybridized carbons (Fsp3) is 0.455. The quantitative estimate of drug-likeness (QED) is 0.568. The Morgan fingerprint density at radius 3 is 1.95 bits per heavy atom. The molecule has 1 rings (SSSR count). The van der Waals surface area contributed by atoms with Gasteiger partial charge in [0.1, 0.15) is 5.25 Å². The van der Waals surface area contributed by atoms with Crippen molar-refractivity contribution in [1.29, 1.82) is 0 Å². The van der Waals surface area contributed by atoms with Crippen LogP contribution in [0.15, 0.2) is 30.3 Å². The van der Waals surface area contributed by atoms with Crippen molar-refractivity contribution in [3.63, 3.8) is 0 Å². The van der Waals surface area contributed by atoms with Crippen molar-refractivity contribution >= 4 is 28.5 Å². The van der Waals surface area contributed by atoms with E-state index in [0.717, 1.165) is 0 Å². The van der Waals surface area contributed by atoms with Gasteiger partial charge in [0.2, 0.25) is 9.05 Å². The third-order valence-corrected chi connectivity index (χ3v) is 7.71. The predicted molar refractivity (Wildman–Crippen MR) is 75.5 cm³/mol. The second-order valence-electron chi connectivity index (χ2n) is 3.87. The summed E-state index contributed by atoms with van der Waals surface area (Å²) in [6.07, 6.45) is 0. The summed E-state index contributed by atoms with van der Waals surface area (Å²) in [5.74, 6) is 0. The first kappa shape index (κ1) is 16.6. The van der Waals surface area contributed by atoms with Crippen molar-refractivity contribution < 1.29 is 21.7 Å². The molecular formula is C11H17ClO5SSi. The van der Waals surface area contributed by atoms with Crippen molar-refractivity contribution in [2.75, 3.05) is 21.3 Å². The molecule has 5 nitrogen and oxygen atoms in total. The number of halogens is 1.